The van der Waals surface area contributed by atoms with Gasteiger partial charge in [-0.05, 0) is 86.5 Å². The number of benzene rings is 3. The highest BCUT2D eigenvalue weighted by atomic mass is 79.9. The molecule has 7 heteroatoms. The molecule has 6 nitrogen and oxygen atoms in total. The summed E-state index contributed by atoms with van der Waals surface area (Å²) in [6, 6.07) is 20.5. The molecule has 200 valence electrons. The molecule has 3 aromatic rings. The van der Waals surface area contributed by atoms with E-state index >= 15 is 0 Å². The zero-order chi connectivity index (χ0) is 26.6. The van der Waals surface area contributed by atoms with Crippen molar-refractivity contribution in [1.29, 1.82) is 0 Å². The van der Waals surface area contributed by atoms with E-state index in [1.807, 2.05) is 50.2 Å². The monoisotopic (exact) mass is 578 g/mol. The maximum atomic E-state index is 6.57. The summed E-state index contributed by atoms with van der Waals surface area (Å²) in [7, 11) is 1.67. The highest BCUT2D eigenvalue weighted by molar-refractivity contribution is 9.10. The quantitative estimate of drug-likeness (QED) is 0.228. The summed E-state index contributed by atoms with van der Waals surface area (Å²) in [4.78, 5) is 0. The second-order valence-electron chi connectivity index (χ2n) is 9.96. The molecule has 2 aliphatic rings. The number of unbranched alkanes of at least 4 members (excludes halogenated alkanes) is 2. The highest BCUT2D eigenvalue weighted by Crippen LogP contribution is 2.49. The molecular formula is C31H35BrN2O4. The second-order valence-corrected chi connectivity index (χ2v) is 10.9. The molecule has 0 saturated carbocycles. The summed E-state index contributed by atoms with van der Waals surface area (Å²) in [6.07, 6.45) is 3.86. The minimum absolute atomic E-state index is 0.0544. The van der Waals surface area contributed by atoms with Crippen molar-refractivity contribution < 1.29 is 18.9 Å². The molecule has 0 spiro atoms. The fourth-order valence-electron chi connectivity index (χ4n) is 4.94. The summed E-state index contributed by atoms with van der Waals surface area (Å²) in [5, 5.41) is 7.18. The van der Waals surface area contributed by atoms with Gasteiger partial charge in [0.1, 0.15) is 11.5 Å². The van der Waals surface area contributed by atoms with Crippen LogP contribution >= 0.6 is 15.9 Å². The molecule has 38 heavy (non-hydrogen) atoms. The summed E-state index contributed by atoms with van der Waals surface area (Å²) in [5.74, 6) is 3.18. The molecule has 0 aromatic heterocycles. The lowest BCUT2D eigenvalue weighted by Gasteiger charge is -2.38. The average Bonchev–Trinajstić information content (AvgIpc) is 3.37. The van der Waals surface area contributed by atoms with E-state index < -0.39 is 6.23 Å². The fraction of sp³-hybridized carbons (Fsp3) is 0.387. The van der Waals surface area contributed by atoms with Gasteiger partial charge in [0.25, 0.3) is 0 Å². The van der Waals surface area contributed by atoms with Crippen molar-refractivity contribution in [2.24, 2.45) is 5.10 Å². The Labute approximate surface area is 233 Å². The Bertz CT molecular complexity index is 1290. The minimum Gasteiger partial charge on any atom is -0.493 e. The molecule has 3 aromatic carbocycles. The predicted molar refractivity (Wildman–Crippen MR) is 153 cm³/mol. The molecular weight excluding hydrogens is 544 g/mol. The van der Waals surface area contributed by atoms with Gasteiger partial charge in [-0.25, -0.2) is 5.01 Å². The third-order valence-electron chi connectivity index (χ3n) is 6.79. The van der Waals surface area contributed by atoms with Gasteiger partial charge in [-0.2, -0.15) is 5.10 Å². The van der Waals surface area contributed by atoms with E-state index in [0.717, 1.165) is 69.8 Å². The van der Waals surface area contributed by atoms with Crippen LogP contribution in [-0.2, 0) is 0 Å². The third kappa shape index (κ3) is 5.63. The summed E-state index contributed by atoms with van der Waals surface area (Å²) >= 11 is 3.64. The number of fused-ring (bicyclic) bond motifs is 3. The Morgan fingerprint density at radius 3 is 2.58 bits per heavy atom. The van der Waals surface area contributed by atoms with Gasteiger partial charge in [-0.3, -0.25) is 0 Å². The summed E-state index contributed by atoms with van der Waals surface area (Å²) in [5.41, 5.74) is 4.19. The molecule has 2 aliphatic heterocycles. The van der Waals surface area contributed by atoms with E-state index in [0.29, 0.717) is 12.4 Å². The minimum atomic E-state index is -0.391. The summed E-state index contributed by atoms with van der Waals surface area (Å²) in [6.45, 7) is 6.92. The van der Waals surface area contributed by atoms with Gasteiger partial charge in [0.2, 0.25) is 6.23 Å². The van der Waals surface area contributed by atoms with Gasteiger partial charge >= 0.3 is 0 Å². The molecule has 2 heterocycles. The number of hydrogen-bond acceptors (Lipinski definition) is 6. The van der Waals surface area contributed by atoms with Crippen LogP contribution < -0.4 is 18.9 Å². The Kier molecular flexibility index (Phi) is 8.12. The maximum Gasteiger partial charge on any atom is 0.214 e. The normalized spacial score (nSPS) is 17.9. The van der Waals surface area contributed by atoms with Crippen LogP contribution in [0.2, 0.25) is 0 Å². The SMILES string of the molecule is CCCCCOc1ccc([C@@H]2Oc3ccc(Br)cc3[C@@H]3CC(c4ccc(OC(C)C)cc4)=NN32)cc1OC. The fourth-order valence-corrected chi connectivity index (χ4v) is 5.32. The van der Waals surface area contributed by atoms with E-state index in [4.69, 9.17) is 24.0 Å². The number of methoxy groups -OCH3 is 1. The zero-order valence-electron chi connectivity index (χ0n) is 22.4. The van der Waals surface area contributed by atoms with Crippen molar-refractivity contribution in [2.45, 2.75) is 64.8 Å². The van der Waals surface area contributed by atoms with Crippen molar-refractivity contribution in [3.63, 3.8) is 0 Å². The van der Waals surface area contributed by atoms with Crippen LogP contribution in [0.15, 0.2) is 70.2 Å². The molecule has 0 radical (unpaired) electrons. The van der Waals surface area contributed by atoms with Crippen molar-refractivity contribution in [2.75, 3.05) is 13.7 Å². The molecule has 0 N–H and O–H groups in total. The van der Waals surface area contributed by atoms with Crippen LogP contribution in [0.3, 0.4) is 0 Å². The van der Waals surface area contributed by atoms with E-state index in [-0.39, 0.29) is 12.1 Å². The zero-order valence-corrected chi connectivity index (χ0v) is 24.0. The Morgan fingerprint density at radius 1 is 1.03 bits per heavy atom. The number of halogens is 1. The first-order valence-electron chi connectivity index (χ1n) is 13.4. The Hall–Kier alpha value is -3.19. The van der Waals surface area contributed by atoms with Crippen molar-refractivity contribution in [3.05, 3.63) is 81.8 Å². The molecule has 0 aliphatic carbocycles. The van der Waals surface area contributed by atoms with Crippen LogP contribution in [-0.4, -0.2) is 30.5 Å². The van der Waals surface area contributed by atoms with Gasteiger partial charge in [0.15, 0.2) is 11.5 Å². The second kappa shape index (κ2) is 11.7. The van der Waals surface area contributed by atoms with Crippen LogP contribution in [0.1, 0.15) is 75.4 Å². The van der Waals surface area contributed by atoms with Gasteiger partial charge in [-0.1, -0.05) is 35.7 Å². The number of rotatable bonds is 10. The molecule has 2 atom stereocenters. The van der Waals surface area contributed by atoms with E-state index in [1.54, 1.807) is 7.11 Å². The number of hydrazone groups is 1. The lowest BCUT2D eigenvalue weighted by molar-refractivity contribution is -0.0192. The number of nitrogens with zero attached hydrogens (tertiary/aromatic N) is 2. The van der Waals surface area contributed by atoms with Gasteiger partial charge in [-0.15, -0.1) is 0 Å². The van der Waals surface area contributed by atoms with Crippen LogP contribution in [0.5, 0.6) is 23.0 Å². The molecule has 0 unspecified atom stereocenters. The molecule has 5 rings (SSSR count). The molecule has 0 amide bonds. The molecule has 0 fully saturated rings. The largest absolute Gasteiger partial charge is 0.493 e. The highest BCUT2D eigenvalue weighted by Gasteiger charge is 2.41. The lowest BCUT2D eigenvalue weighted by Crippen LogP contribution is -2.33. The lowest BCUT2D eigenvalue weighted by atomic mass is 9.96. The first kappa shape index (κ1) is 26.4. The first-order valence-corrected chi connectivity index (χ1v) is 14.2. The van der Waals surface area contributed by atoms with Crippen molar-refractivity contribution in [1.82, 2.24) is 5.01 Å². The first-order chi connectivity index (χ1) is 18.5. The summed E-state index contributed by atoms with van der Waals surface area (Å²) < 4.78 is 25.1. The maximum absolute atomic E-state index is 6.57. The Morgan fingerprint density at radius 2 is 1.84 bits per heavy atom. The molecule has 0 saturated heterocycles. The van der Waals surface area contributed by atoms with Crippen LogP contribution in [0.4, 0.5) is 0 Å². The van der Waals surface area contributed by atoms with Gasteiger partial charge in [0.05, 0.1) is 31.6 Å². The van der Waals surface area contributed by atoms with Crippen LogP contribution in [0.25, 0.3) is 0 Å². The van der Waals surface area contributed by atoms with E-state index in [9.17, 15) is 0 Å². The standard InChI is InChI=1S/C31H35BrN2O4/c1-5-6-7-16-36-29-14-10-22(17-30(29)35-4)31-34-27(25-18-23(32)11-15-28(25)38-31)19-26(33-34)21-8-12-24(13-9-21)37-20(2)3/h8-15,17-18,20,27,31H,5-7,16,19H2,1-4H3/t27-,31-/m0/s1. The topological polar surface area (TPSA) is 52.5 Å². The third-order valence-corrected chi connectivity index (χ3v) is 7.28. The molecule has 0 bridgehead atoms. The predicted octanol–water partition coefficient (Wildman–Crippen LogP) is 8.06. The average molecular weight is 580 g/mol. The van der Waals surface area contributed by atoms with Crippen LogP contribution in [0, 0.1) is 0 Å². The number of hydrogen-bond donors (Lipinski definition) is 0. The van der Waals surface area contributed by atoms with Crippen molar-refractivity contribution in [3.8, 4) is 23.0 Å². The van der Waals surface area contributed by atoms with Crippen molar-refractivity contribution >= 4 is 21.6 Å². The van der Waals surface area contributed by atoms with E-state index in [1.165, 1.54) is 0 Å². The van der Waals surface area contributed by atoms with Gasteiger partial charge < -0.3 is 18.9 Å². The Balaban J connectivity index is 1.46. The van der Waals surface area contributed by atoms with E-state index in [2.05, 4.69) is 52.1 Å². The number of ether oxygens (including phenoxy) is 4. The van der Waals surface area contributed by atoms with Gasteiger partial charge in [0, 0.05) is 22.0 Å². The smallest absolute Gasteiger partial charge is 0.214 e.